The second kappa shape index (κ2) is 18.5. The molecule has 17 nitrogen and oxygen atoms in total. The first-order valence-electron chi connectivity index (χ1n) is 13.0. The normalized spacial score (nSPS) is 11.6. The monoisotopic (exact) mass is 839 g/mol. The number of nitrogens with zero attached hydrogens (tertiary/aromatic N) is 2. The zero-order valence-electron chi connectivity index (χ0n) is 28.0. The van der Waals surface area contributed by atoms with E-state index in [0.29, 0.717) is 0 Å². The number of benzene rings is 5. The van der Waals surface area contributed by atoms with Gasteiger partial charge in [-0.1, -0.05) is 12.1 Å². The van der Waals surface area contributed by atoms with Crippen LogP contribution in [-0.4, -0.2) is 64.7 Å². The molecule has 0 bridgehead atoms. The third-order valence-corrected chi connectivity index (χ3v) is 10.4. The molecule has 0 spiro atoms. The Morgan fingerprint density at radius 1 is 0.453 bits per heavy atom. The summed E-state index contributed by atoms with van der Waals surface area (Å²) >= 11 is 0. The second-order valence-electron chi connectivity index (χ2n) is 10.2. The van der Waals surface area contributed by atoms with Gasteiger partial charge in [0.15, 0.2) is 0 Å². The predicted octanol–water partition coefficient (Wildman–Crippen LogP) is -10.2. The van der Waals surface area contributed by atoms with E-state index in [-0.39, 0.29) is 181 Å². The van der Waals surface area contributed by atoms with Gasteiger partial charge in [0, 0.05) is 16.5 Å². The molecule has 0 heterocycles. The maximum atomic E-state index is 12.6. The van der Waals surface area contributed by atoms with Gasteiger partial charge in [0.05, 0.1) is 42.3 Å². The Morgan fingerprint density at radius 2 is 0.755 bits per heavy atom. The topological polar surface area (TPSA) is 295 Å². The van der Waals surface area contributed by atoms with Crippen LogP contribution in [-0.2, 0) is 50.1 Å². The van der Waals surface area contributed by atoms with Crippen molar-refractivity contribution in [3.05, 3.63) is 78.9 Å². The quantitative estimate of drug-likeness (QED) is 0.0591. The predicted molar refractivity (Wildman–Crippen MR) is 167 cm³/mol. The van der Waals surface area contributed by atoms with Crippen LogP contribution in [0.5, 0.6) is 0 Å². The Bertz CT molecular complexity index is 2510. The maximum absolute atomic E-state index is 12.6. The molecular weight excluding hydrogens is 823 g/mol. The second-order valence-corrected chi connectivity index (χ2v) is 15.7. The molecule has 0 unspecified atom stereocenters. The first-order valence-corrected chi connectivity index (χ1v) is 18.6. The van der Waals surface area contributed by atoms with E-state index in [1.165, 1.54) is 12.1 Å². The zero-order valence-corrected chi connectivity index (χ0v) is 39.2. The fraction of sp³-hybridized carbons (Fsp3) is 0. The minimum atomic E-state index is -5.24. The van der Waals surface area contributed by atoms with Gasteiger partial charge in [-0.25, -0.2) is 33.7 Å². The minimum absolute atomic E-state index is 0. The van der Waals surface area contributed by atoms with Gasteiger partial charge in [0.25, 0.3) is 0 Å². The molecule has 5 rings (SSSR count). The number of anilines is 5. The Hall–Kier alpha value is -1.000. The summed E-state index contributed by atoms with van der Waals surface area (Å²) in [5.74, 6) is 0. The van der Waals surface area contributed by atoms with E-state index in [9.17, 15) is 61.5 Å². The van der Waals surface area contributed by atoms with Gasteiger partial charge < -0.3 is 23.9 Å². The smallest absolute Gasteiger partial charge is 0.744 e. The number of nitrogen functional groups attached to an aromatic ring is 1. The number of carbonyl (C=O) groups excluding carboxylic acids is 2. The number of carbonyl (C=O) groups is 2. The molecule has 256 valence electrons. The van der Waals surface area contributed by atoms with Crippen molar-refractivity contribution in [2.45, 2.75) is 19.6 Å². The number of fused-ring (bicyclic) bond motifs is 2. The summed E-state index contributed by atoms with van der Waals surface area (Å²) < 4.78 is 142. The summed E-state index contributed by atoms with van der Waals surface area (Å²) in [6.07, 6.45) is 0.311. The summed E-state index contributed by atoms with van der Waals surface area (Å²) in [5, 5.41) is -0.523. The first-order chi connectivity index (χ1) is 22.6. The van der Waals surface area contributed by atoms with E-state index in [0.717, 1.165) is 76.5 Å². The van der Waals surface area contributed by atoms with Crippen molar-refractivity contribution in [1.29, 1.82) is 0 Å². The average molecular weight is 840 g/mol. The SMILES string of the molecule is Nc1cc(N(C=O)c2cc(S(=O)(=O)[O-])cc3cc(S(=O)(=O)[O-])ccc23)cc(N(C=O)c2cc(S(=O)(=O)[O-])cc3cc(S(=O)(=O)[O-])ccc23)c1.[Na+].[Na+].[Na+].[Na+]. The van der Waals surface area contributed by atoms with E-state index in [1.807, 2.05) is 0 Å². The van der Waals surface area contributed by atoms with Gasteiger partial charge >= 0.3 is 118 Å². The van der Waals surface area contributed by atoms with Crippen molar-refractivity contribution in [2.75, 3.05) is 15.5 Å². The molecule has 0 fully saturated rings. The van der Waals surface area contributed by atoms with Crippen LogP contribution in [0.2, 0.25) is 0 Å². The fourth-order valence-corrected chi connectivity index (χ4v) is 7.08. The Morgan fingerprint density at radius 3 is 1.04 bits per heavy atom. The van der Waals surface area contributed by atoms with Crippen LogP contribution >= 0.6 is 0 Å². The van der Waals surface area contributed by atoms with Crippen molar-refractivity contribution < 1.29 is 180 Å². The van der Waals surface area contributed by atoms with Gasteiger partial charge in [0.2, 0.25) is 12.8 Å². The van der Waals surface area contributed by atoms with Crippen LogP contribution in [0.15, 0.2) is 98.4 Å². The molecule has 0 radical (unpaired) electrons. The van der Waals surface area contributed by atoms with Crippen LogP contribution in [0.4, 0.5) is 28.4 Å². The van der Waals surface area contributed by atoms with Gasteiger partial charge in [-0.05, 0) is 77.5 Å². The molecule has 0 aliphatic rings. The molecule has 0 saturated heterocycles. The van der Waals surface area contributed by atoms with E-state index >= 15 is 0 Å². The summed E-state index contributed by atoms with van der Waals surface area (Å²) in [5.41, 5.74) is 4.90. The minimum Gasteiger partial charge on any atom is -0.744 e. The van der Waals surface area contributed by atoms with Crippen LogP contribution in [0.25, 0.3) is 21.5 Å². The molecule has 25 heteroatoms. The van der Waals surface area contributed by atoms with Gasteiger partial charge in [-0.3, -0.25) is 19.4 Å². The molecule has 0 aliphatic carbocycles. The van der Waals surface area contributed by atoms with Crippen LogP contribution < -0.4 is 134 Å². The summed E-state index contributed by atoms with van der Waals surface area (Å²) in [6.45, 7) is 0. The molecule has 53 heavy (non-hydrogen) atoms. The van der Waals surface area contributed by atoms with Crippen molar-refractivity contribution >= 4 is 103 Å². The van der Waals surface area contributed by atoms with Gasteiger partial charge in [-0.15, -0.1) is 0 Å². The molecular formula is C28H17N3Na4O14S4. The van der Waals surface area contributed by atoms with Crippen molar-refractivity contribution in [3.63, 3.8) is 0 Å². The summed E-state index contributed by atoms with van der Waals surface area (Å²) in [4.78, 5) is 23.3. The molecule has 2 N–H and O–H groups in total. The summed E-state index contributed by atoms with van der Waals surface area (Å²) in [6, 6.07) is 12.2. The number of amides is 2. The third-order valence-electron chi connectivity index (χ3n) is 7.12. The van der Waals surface area contributed by atoms with E-state index < -0.39 is 60.1 Å². The van der Waals surface area contributed by atoms with Crippen LogP contribution in [0.1, 0.15) is 0 Å². The van der Waals surface area contributed by atoms with E-state index in [1.54, 1.807) is 0 Å². The summed E-state index contributed by atoms with van der Waals surface area (Å²) in [7, 11) is -20.6. The third kappa shape index (κ3) is 11.1. The Balaban J connectivity index is 0.00000351. The molecule has 0 atom stereocenters. The van der Waals surface area contributed by atoms with E-state index in [2.05, 4.69) is 0 Å². The van der Waals surface area contributed by atoms with E-state index in [4.69, 9.17) is 5.73 Å². The molecule has 5 aromatic carbocycles. The number of rotatable bonds is 10. The molecule has 0 aliphatic heterocycles. The van der Waals surface area contributed by atoms with Crippen LogP contribution in [0, 0.1) is 0 Å². The zero-order chi connectivity index (χ0) is 36.3. The molecule has 0 aromatic heterocycles. The van der Waals surface area contributed by atoms with Gasteiger partial charge in [0.1, 0.15) is 40.5 Å². The van der Waals surface area contributed by atoms with Crippen molar-refractivity contribution in [3.8, 4) is 0 Å². The largest absolute Gasteiger partial charge is 1.00 e. The average Bonchev–Trinajstić information content (AvgIpc) is 2.99. The number of hydrogen-bond acceptors (Lipinski definition) is 15. The number of nitrogens with two attached hydrogens (primary N) is 1. The molecule has 2 amide bonds. The molecule has 5 aromatic rings. The maximum Gasteiger partial charge on any atom is 1.00 e. The van der Waals surface area contributed by atoms with Crippen molar-refractivity contribution in [2.24, 2.45) is 0 Å². The number of hydrogen-bond donors (Lipinski definition) is 1. The molecule has 0 saturated carbocycles. The Kier molecular flexibility index (Phi) is 17.5. The first kappa shape index (κ1) is 50.0. The van der Waals surface area contributed by atoms with Crippen molar-refractivity contribution in [1.82, 2.24) is 0 Å². The fourth-order valence-electron chi connectivity index (χ4n) is 5.01. The Labute approximate surface area is 391 Å². The van der Waals surface area contributed by atoms with Gasteiger partial charge in [-0.2, -0.15) is 0 Å². The standard InChI is InChI=1S/C28H21N3O14S4.4Na/c29-18-9-19(30(14-32)27-12-23(48(40,41)42)7-16-5-21(46(34,35)36)1-3-25(16)27)11-20(10-18)31(15-33)28-13-24(49(43,44)45)8-17-6-22(47(37,38)39)2-4-26(17)28;;;;/h1-15H,29H2,(H,34,35,36)(H,37,38,39)(H,40,41,42)(H,43,44,45);;;;/q;4*+1/p-4. The van der Waals surface area contributed by atoms with Crippen LogP contribution in [0.3, 0.4) is 0 Å².